The molecule has 0 saturated heterocycles. The van der Waals surface area contributed by atoms with Gasteiger partial charge in [-0.25, -0.2) is 10.3 Å². The van der Waals surface area contributed by atoms with Gasteiger partial charge in [0, 0.05) is 22.6 Å². The molecule has 0 bridgehead atoms. The summed E-state index contributed by atoms with van der Waals surface area (Å²) in [5.41, 5.74) is 2.80. The Labute approximate surface area is 185 Å². The first-order valence-corrected chi connectivity index (χ1v) is 10.8. The number of aliphatic hydroxyl groups is 1. The molecular formula is C22H26N2O6S. The Hall–Kier alpha value is -3.01. The number of anilines is 1. The first-order chi connectivity index (χ1) is 15.0. The van der Waals surface area contributed by atoms with E-state index in [-0.39, 0.29) is 19.1 Å². The molecule has 2 aromatic carbocycles. The van der Waals surface area contributed by atoms with Gasteiger partial charge in [-0.3, -0.25) is 15.3 Å². The third kappa shape index (κ3) is 7.97. The smallest absolute Gasteiger partial charge is 0.412 e. The fourth-order valence-corrected chi connectivity index (χ4v) is 3.12. The van der Waals surface area contributed by atoms with E-state index < -0.39 is 18.1 Å². The van der Waals surface area contributed by atoms with Crippen molar-refractivity contribution in [2.45, 2.75) is 17.9 Å². The fourth-order valence-electron chi connectivity index (χ4n) is 2.71. The number of thioether (sulfide) groups is 1. The van der Waals surface area contributed by atoms with Gasteiger partial charge >= 0.3 is 6.09 Å². The van der Waals surface area contributed by atoms with E-state index in [9.17, 15) is 9.59 Å². The molecule has 9 heteroatoms. The van der Waals surface area contributed by atoms with Crippen LogP contribution in [0, 0.1) is 5.92 Å². The molecule has 2 atom stereocenters. The number of rotatable bonds is 10. The van der Waals surface area contributed by atoms with Crippen molar-refractivity contribution >= 4 is 29.4 Å². The highest BCUT2D eigenvalue weighted by Gasteiger charge is 2.22. The number of carbonyl (C=O) groups excluding carboxylic acids is 2. The first kappa shape index (κ1) is 24.3. The third-order valence-electron chi connectivity index (χ3n) is 4.28. The Morgan fingerprint density at radius 2 is 1.81 bits per heavy atom. The van der Waals surface area contributed by atoms with Gasteiger partial charge in [-0.1, -0.05) is 25.1 Å². The van der Waals surface area contributed by atoms with Gasteiger partial charge in [0.2, 0.25) is 0 Å². The lowest BCUT2D eigenvalue weighted by Gasteiger charge is -2.23. The predicted octanol–water partition coefficient (Wildman–Crippen LogP) is 3.77. The number of benzene rings is 2. The minimum Gasteiger partial charge on any atom is -0.491 e. The predicted molar refractivity (Wildman–Crippen MR) is 118 cm³/mol. The largest absolute Gasteiger partial charge is 0.491 e. The number of aliphatic hydroxyl groups excluding tert-OH is 1. The second kappa shape index (κ2) is 12.6. The molecule has 8 nitrogen and oxygen atoms in total. The number of carbonyl (C=O) groups is 2. The van der Waals surface area contributed by atoms with Crippen LogP contribution < -0.4 is 15.5 Å². The van der Waals surface area contributed by atoms with E-state index in [2.05, 4.69) is 5.32 Å². The summed E-state index contributed by atoms with van der Waals surface area (Å²) in [6.07, 6.45) is 3.31. The summed E-state index contributed by atoms with van der Waals surface area (Å²) in [5.74, 6) is -0.499. The molecule has 0 unspecified atom stereocenters. The molecule has 0 aliphatic rings. The lowest BCUT2D eigenvalue weighted by Crippen LogP contribution is -2.22. The maximum absolute atomic E-state index is 12.5. The summed E-state index contributed by atoms with van der Waals surface area (Å²) in [6, 6.07) is 14.2. The minimum absolute atomic E-state index is 0.0969. The van der Waals surface area contributed by atoms with Crippen LogP contribution in [0.2, 0.25) is 0 Å². The average molecular weight is 447 g/mol. The van der Waals surface area contributed by atoms with Gasteiger partial charge in [0.05, 0.1) is 6.61 Å². The number of hydrogen-bond donors (Lipinski definition) is 4. The summed E-state index contributed by atoms with van der Waals surface area (Å²) in [7, 11) is 0. The van der Waals surface area contributed by atoms with E-state index in [1.165, 1.54) is 17.6 Å². The van der Waals surface area contributed by atoms with Gasteiger partial charge in [0.1, 0.15) is 18.5 Å². The Kier molecular flexibility index (Phi) is 9.89. The standard InChI is InChI=1S/C22H26N2O6S/c1-15(3-12-20(26)24-28)21(16-4-8-18(9-5-16)29-14-13-25)30-22(27)23-17-6-10-19(31-2)11-7-17/h3-12,15,21,25,28H,13-14H2,1-2H3,(H,23,27)(H,24,26)/b12-3+/t15-,21-/m1/s1. The maximum atomic E-state index is 12.5. The number of hydrogen-bond acceptors (Lipinski definition) is 7. The summed E-state index contributed by atoms with van der Waals surface area (Å²) in [5, 5.41) is 20.2. The zero-order valence-corrected chi connectivity index (χ0v) is 18.1. The molecule has 0 radical (unpaired) electrons. The normalized spacial score (nSPS) is 12.8. The molecule has 0 heterocycles. The summed E-state index contributed by atoms with van der Waals surface area (Å²) in [6.45, 7) is 1.86. The van der Waals surface area contributed by atoms with Crippen molar-refractivity contribution in [2.24, 2.45) is 5.92 Å². The molecule has 2 rings (SSSR count). The van der Waals surface area contributed by atoms with Crippen LogP contribution in [-0.4, -0.2) is 41.8 Å². The van der Waals surface area contributed by atoms with Crippen molar-refractivity contribution < 1.29 is 29.4 Å². The van der Waals surface area contributed by atoms with Crippen LogP contribution in [0.4, 0.5) is 10.5 Å². The van der Waals surface area contributed by atoms with Crippen LogP contribution in [0.25, 0.3) is 0 Å². The monoisotopic (exact) mass is 446 g/mol. The van der Waals surface area contributed by atoms with Crippen LogP contribution in [0.5, 0.6) is 5.75 Å². The molecule has 0 aliphatic heterocycles. The number of amides is 2. The van der Waals surface area contributed by atoms with Crippen LogP contribution >= 0.6 is 11.8 Å². The van der Waals surface area contributed by atoms with E-state index in [1.807, 2.05) is 18.4 Å². The molecule has 0 fully saturated rings. The number of hydroxylamine groups is 1. The summed E-state index contributed by atoms with van der Waals surface area (Å²) in [4.78, 5) is 24.9. The van der Waals surface area contributed by atoms with Gasteiger partial charge in [-0.2, -0.15) is 0 Å². The highest BCUT2D eigenvalue weighted by molar-refractivity contribution is 7.98. The molecule has 0 saturated carbocycles. The highest BCUT2D eigenvalue weighted by Crippen LogP contribution is 2.29. The van der Waals surface area contributed by atoms with Gasteiger partial charge in [-0.05, 0) is 48.2 Å². The average Bonchev–Trinajstić information content (AvgIpc) is 2.80. The van der Waals surface area contributed by atoms with Crippen LogP contribution in [-0.2, 0) is 9.53 Å². The van der Waals surface area contributed by atoms with Crippen molar-refractivity contribution in [1.82, 2.24) is 5.48 Å². The number of nitrogens with one attached hydrogen (secondary N) is 2. The SMILES string of the molecule is CSc1ccc(NC(=O)O[C@@H](c2ccc(OCCO)cc2)[C@H](C)/C=C/C(=O)NO)cc1. The van der Waals surface area contributed by atoms with Gasteiger partial charge in [0.25, 0.3) is 5.91 Å². The van der Waals surface area contributed by atoms with Gasteiger partial charge < -0.3 is 14.6 Å². The first-order valence-electron chi connectivity index (χ1n) is 9.54. The lowest BCUT2D eigenvalue weighted by atomic mass is 9.96. The molecule has 2 aromatic rings. The van der Waals surface area contributed by atoms with E-state index >= 15 is 0 Å². The van der Waals surface area contributed by atoms with E-state index in [0.29, 0.717) is 17.0 Å². The summed E-state index contributed by atoms with van der Waals surface area (Å²) < 4.78 is 11.0. The molecular weight excluding hydrogens is 420 g/mol. The molecule has 2 amide bonds. The molecule has 166 valence electrons. The fraction of sp³-hybridized carbons (Fsp3) is 0.273. The van der Waals surface area contributed by atoms with Crippen molar-refractivity contribution in [3.63, 3.8) is 0 Å². The quantitative estimate of drug-likeness (QED) is 0.190. The van der Waals surface area contributed by atoms with E-state index in [0.717, 1.165) is 4.90 Å². The molecule has 0 spiro atoms. The van der Waals surface area contributed by atoms with Crippen LogP contribution in [0.1, 0.15) is 18.6 Å². The summed E-state index contributed by atoms with van der Waals surface area (Å²) >= 11 is 1.60. The molecule has 31 heavy (non-hydrogen) atoms. The zero-order valence-electron chi connectivity index (χ0n) is 17.3. The molecule has 4 N–H and O–H groups in total. The topological polar surface area (TPSA) is 117 Å². The van der Waals surface area contributed by atoms with Crippen molar-refractivity contribution in [3.8, 4) is 5.75 Å². The Morgan fingerprint density at radius 3 is 2.39 bits per heavy atom. The van der Waals surface area contributed by atoms with E-state index in [1.54, 1.807) is 55.1 Å². The van der Waals surface area contributed by atoms with Crippen LogP contribution in [0.3, 0.4) is 0 Å². The van der Waals surface area contributed by atoms with Crippen LogP contribution in [0.15, 0.2) is 65.6 Å². The maximum Gasteiger partial charge on any atom is 0.412 e. The molecule has 0 aromatic heterocycles. The van der Waals surface area contributed by atoms with Crippen molar-refractivity contribution in [2.75, 3.05) is 24.8 Å². The van der Waals surface area contributed by atoms with Gasteiger partial charge in [0.15, 0.2) is 0 Å². The van der Waals surface area contributed by atoms with E-state index in [4.69, 9.17) is 19.8 Å². The van der Waals surface area contributed by atoms with Crippen molar-refractivity contribution in [1.29, 1.82) is 0 Å². The minimum atomic E-state index is -0.708. The third-order valence-corrected chi connectivity index (χ3v) is 5.02. The second-order valence-corrected chi connectivity index (χ2v) is 7.39. The molecule has 0 aliphatic carbocycles. The Bertz CT molecular complexity index is 871. The zero-order chi connectivity index (χ0) is 22.6. The highest BCUT2D eigenvalue weighted by atomic mass is 32.2. The lowest BCUT2D eigenvalue weighted by molar-refractivity contribution is -0.124. The second-order valence-electron chi connectivity index (χ2n) is 6.51. The van der Waals surface area contributed by atoms with Crippen molar-refractivity contribution in [3.05, 3.63) is 66.2 Å². The van der Waals surface area contributed by atoms with Gasteiger partial charge in [-0.15, -0.1) is 11.8 Å². The number of ether oxygens (including phenoxy) is 2. The Balaban J connectivity index is 2.16. The Morgan fingerprint density at radius 1 is 1.13 bits per heavy atom.